The zero-order chi connectivity index (χ0) is 13.1. The predicted octanol–water partition coefficient (Wildman–Crippen LogP) is 2.57. The number of hydrogen-bond acceptors (Lipinski definition) is 2. The van der Waals surface area contributed by atoms with Crippen molar-refractivity contribution in [3.8, 4) is 5.75 Å². The quantitative estimate of drug-likeness (QED) is 0.817. The Balaban J connectivity index is 1.67. The van der Waals surface area contributed by atoms with E-state index >= 15 is 0 Å². The maximum atomic E-state index is 12.2. The second kappa shape index (κ2) is 5.64. The van der Waals surface area contributed by atoms with E-state index in [0.717, 1.165) is 56.7 Å². The van der Waals surface area contributed by atoms with E-state index < -0.39 is 0 Å². The van der Waals surface area contributed by atoms with Crippen LogP contribution in [0.3, 0.4) is 0 Å². The van der Waals surface area contributed by atoms with Gasteiger partial charge in [0.15, 0.2) is 0 Å². The van der Waals surface area contributed by atoms with Gasteiger partial charge in [-0.3, -0.25) is 4.79 Å². The Bertz CT molecular complexity index is 464. The number of likely N-dealkylation sites (tertiary alicyclic amines) is 1. The molecular weight excluding hydrogens is 238 g/mol. The molecule has 1 saturated heterocycles. The number of benzene rings is 1. The van der Waals surface area contributed by atoms with E-state index in [1.54, 1.807) is 0 Å². The summed E-state index contributed by atoms with van der Waals surface area (Å²) < 4.78 is 5.60. The van der Waals surface area contributed by atoms with Crippen LogP contribution in [-0.2, 0) is 17.6 Å². The molecule has 0 aromatic heterocycles. The highest BCUT2D eigenvalue weighted by atomic mass is 16.5. The SMILES string of the molecule is O=C(Cc1ccc2c(c1)CCCO2)N1CCCCC1. The van der Waals surface area contributed by atoms with E-state index in [0.29, 0.717) is 6.42 Å². The van der Waals surface area contributed by atoms with Gasteiger partial charge < -0.3 is 9.64 Å². The van der Waals surface area contributed by atoms with Crippen molar-refractivity contribution in [2.75, 3.05) is 19.7 Å². The summed E-state index contributed by atoms with van der Waals surface area (Å²) in [5.74, 6) is 1.27. The fraction of sp³-hybridized carbons (Fsp3) is 0.562. The number of carbonyl (C=O) groups is 1. The number of fused-ring (bicyclic) bond motifs is 1. The fourth-order valence-corrected chi connectivity index (χ4v) is 2.95. The first-order valence-corrected chi connectivity index (χ1v) is 7.35. The third-order valence-corrected chi connectivity index (χ3v) is 4.04. The predicted molar refractivity (Wildman–Crippen MR) is 74.4 cm³/mol. The number of hydrogen-bond donors (Lipinski definition) is 0. The Hall–Kier alpha value is -1.51. The molecule has 1 aromatic carbocycles. The average molecular weight is 259 g/mol. The van der Waals surface area contributed by atoms with Gasteiger partial charge in [-0.25, -0.2) is 0 Å². The number of ether oxygens (including phenoxy) is 1. The molecule has 1 amide bonds. The van der Waals surface area contributed by atoms with Crippen molar-refractivity contribution in [2.24, 2.45) is 0 Å². The summed E-state index contributed by atoms with van der Waals surface area (Å²) >= 11 is 0. The van der Waals surface area contributed by atoms with E-state index in [1.807, 2.05) is 17.0 Å². The van der Waals surface area contributed by atoms with Crippen LogP contribution in [0.4, 0.5) is 0 Å². The van der Waals surface area contributed by atoms with Crippen LogP contribution in [0.25, 0.3) is 0 Å². The number of aryl methyl sites for hydroxylation is 1. The van der Waals surface area contributed by atoms with Gasteiger partial charge in [-0.1, -0.05) is 12.1 Å². The van der Waals surface area contributed by atoms with Crippen LogP contribution in [0.2, 0.25) is 0 Å². The Morgan fingerprint density at radius 2 is 2.00 bits per heavy atom. The minimum Gasteiger partial charge on any atom is -0.493 e. The largest absolute Gasteiger partial charge is 0.493 e. The number of piperidine rings is 1. The number of nitrogens with zero attached hydrogens (tertiary/aromatic N) is 1. The summed E-state index contributed by atoms with van der Waals surface area (Å²) in [5, 5.41) is 0. The molecule has 19 heavy (non-hydrogen) atoms. The molecule has 0 saturated carbocycles. The van der Waals surface area contributed by atoms with Gasteiger partial charge in [-0.2, -0.15) is 0 Å². The average Bonchev–Trinajstić information content (AvgIpc) is 2.48. The summed E-state index contributed by atoms with van der Waals surface area (Å²) in [6.07, 6.45) is 6.26. The molecule has 0 N–H and O–H groups in total. The van der Waals surface area contributed by atoms with Gasteiger partial charge in [-0.05, 0) is 49.3 Å². The molecule has 0 bridgehead atoms. The van der Waals surface area contributed by atoms with Gasteiger partial charge in [-0.15, -0.1) is 0 Å². The Morgan fingerprint density at radius 1 is 1.16 bits per heavy atom. The second-order valence-electron chi connectivity index (χ2n) is 5.51. The monoisotopic (exact) mass is 259 g/mol. The van der Waals surface area contributed by atoms with E-state index in [-0.39, 0.29) is 5.91 Å². The highest BCUT2D eigenvalue weighted by Gasteiger charge is 2.17. The molecule has 2 aliphatic rings. The van der Waals surface area contributed by atoms with Gasteiger partial charge in [0, 0.05) is 13.1 Å². The third kappa shape index (κ3) is 2.91. The smallest absolute Gasteiger partial charge is 0.226 e. The molecule has 1 aromatic rings. The molecule has 3 rings (SSSR count). The minimum atomic E-state index is 0.274. The molecule has 3 nitrogen and oxygen atoms in total. The van der Waals surface area contributed by atoms with Gasteiger partial charge in [0.25, 0.3) is 0 Å². The molecule has 3 heteroatoms. The topological polar surface area (TPSA) is 29.5 Å². The highest BCUT2D eigenvalue weighted by Crippen LogP contribution is 2.26. The second-order valence-corrected chi connectivity index (χ2v) is 5.51. The van der Waals surface area contributed by atoms with Crippen molar-refractivity contribution >= 4 is 5.91 Å². The highest BCUT2D eigenvalue weighted by molar-refractivity contribution is 5.79. The van der Waals surface area contributed by atoms with Gasteiger partial charge in [0.05, 0.1) is 13.0 Å². The molecule has 2 heterocycles. The van der Waals surface area contributed by atoms with E-state index in [1.165, 1.54) is 12.0 Å². The van der Waals surface area contributed by atoms with Crippen LogP contribution in [0.15, 0.2) is 18.2 Å². The maximum absolute atomic E-state index is 12.2. The summed E-state index contributed by atoms with van der Waals surface area (Å²) in [5.41, 5.74) is 2.38. The van der Waals surface area contributed by atoms with Gasteiger partial charge in [0.2, 0.25) is 5.91 Å². The van der Waals surface area contributed by atoms with Crippen molar-refractivity contribution < 1.29 is 9.53 Å². The Kier molecular flexibility index (Phi) is 3.72. The lowest BCUT2D eigenvalue weighted by Crippen LogP contribution is -2.36. The lowest BCUT2D eigenvalue weighted by Gasteiger charge is -2.27. The van der Waals surface area contributed by atoms with Crippen molar-refractivity contribution in [1.29, 1.82) is 0 Å². The first-order chi connectivity index (χ1) is 9.33. The lowest BCUT2D eigenvalue weighted by atomic mass is 10.0. The third-order valence-electron chi connectivity index (χ3n) is 4.04. The normalized spacial score (nSPS) is 18.6. The molecule has 2 aliphatic heterocycles. The number of amides is 1. The van der Waals surface area contributed by atoms with Crippen LogP contribution < -0.4 is 4.74 Å². The zero-order valence-electron chi connectivity index (χ0n) is 11.4. The molecule has 0 spiro atoms. The van der Waals surface area contributed by atoms with Gasteiger partial charge >= 0.3 is 0 Å². The van der Waals surface area contributed by atoms with E-state index in [9.17, 15) is 4.79 Å². The van der Waals surface area contributed by atoms with Crippen molar-refractivity contribution in [2.45, 2.75) is 38.5 Å². The van der Waals surface area contributed by atoms with Crippen LogP contribution in [0.1, 0.15) is 36.8 Å². The summed E-state index contributed by atoms with van der Waals surface area (Å²) in [4.78, 5) is 14.2. The van der Waals surface area contributed by atoms with Crippen molar-refractivity contribution in [3.05, 3.63) is 29.3 Å². The molecule has 102 valence electrons. The Labute approximate surface area is 114 Å². The molecule has 0 radical (unpaired) electrons. The van der Waals surface area contributed by atoms with Crippen LogP contribution >= 0.6 is 0 Å². The van der Waals surface area contributed by atoms with Crippen LogP contribution in [0.5, 0.6) is 5.75 Å². The first-order valence-electron chi connectivity index (χ1n) is 7.35. The molecule has 0 atom stereocenters. The van der Waals surface area contributed by atoms with E-state index in [4.69, 9.17) is 4.74 Å². The molecule has 1 fully saturated rings. The van der Waals surface area contributed by atoms with Crippen LogP contribution in [-0.4, -0.2) is 30.5 Å². The van der Waals surface area contributed by atoms with Crippen LogP contribution in [0, 0.1) is 0 Å². The lowest BCUT2D eigenvalue weighted by molar-refractivity contribution is -0.131. The molecular formula is C16H21NO2. The van der Waals surface area contributed by atoms with Gasteiger partial charge in [0.1, 0.15) is 5.75 Å². The minimum absolute atomic E-state index is 0.274. The first kappa shape index (κ1) is 12.5. The summed E-state index contributed by atoms with van der Waals surface area (Å²) in [6, 6.07) is 6.20. The van der Waals surface area contributed by atoms with Crippen molar-refractivity contribution in [1.82, 2.24) is 4.90 Å². The number of carbonyl (C=O) groups excluding carboxylic acids is 1. The summed E-state index contributed by atoms with van der Waals surface area (Å²) in [6.45, 7) is 2.69. The molecule has 0 aliphatic carbocycles. The standard InChI is InChI=1S/C16H21NO2/c18-16(17-8-2-1-3-9-17)12-13-6-7-15-14(11-13)5-4-10-19-15/h6-7,11H,1-5,8-10,12H2. The van der Waals surface area contributed by atoms with Crippen molar-refractivity contribution in [3.63, 3.8) is 0 Å². The maximum Gasteiger partial charge on any atom is 0.226 e. The van der Waals surface area contributed by atoms with E-state index in [2.05, 4.69) is 6.07 Å². The number of rotatable bonds is 2. The zero-order valence-corrected chi connectivity index (χ0v) is 11.4. The summed E-state index contributed by atoms with van der Waals surface area (Å²) in [7, 11) is 0. The fourth-order valence-electron chi connectivity index (χ4n) is 2.95. The Morgan fingerprint density at radius 3 is 2.84 bits per heavy atom. The molecule has 0 unspecified atom stereocenters.